The van der Waals surface area contributed by atoms with Crippen LogP contribution < -0.4 is 11.6 Å². The van der Waals surface area contributed by atoms with Crippen LogP contribution in [0.25, 0.3) is 0 Å². The van der Waals surface area contributed by atoms with Gasteiger partial charge in [-0.2, -0.15) is 0 Å². The molecule has 36 valence electrons. The van der Waals surface area contributed by atoms with E-state index in [0.717, 1.165) is 0 Å². The first-order chi connectivity index (χ1) is 1.41. The Morgan fingerprint density at radius 2 is 1.60 bits per heavy atom. The zero-order chi connectivity index (χ0) is 2.71. The van der Waals surface area contributed by atoms with Gasteiger partial charge in [0.1, 0.15) is 0 Å². The third-order valence-electron chi connectivity index (χ3n) is 0. The topological polar surface area (TPSA) is 67.3 Å². The van der Waals surface area contributed by atoms with Gasteiger partial charge in [0, 0.05) is 7.05 Å². The number of nitrogens with one attached hydrogen (secondary N) is 1. The molecule has 5 N–H and O–H groups in total. The molecule has 0 rings (SSSR count). The molecule has 0 atom stereocenters. The lowest BCUT2D eigenvalue weighted by atomic mass is 11.6. The Morgan fingerprint density at radius 3 is 1.60 bits per heavy atom. The van der Waals surface area contributed by atoms with Crippen molar-refractivity contribution < 1.29 is 5.21 Å². The van der Waals surface area contributed by atoms with Gasteiger partial charge in [-0.1, -0.05) is 0 Å². The summed E-state index contributed by atoms with van der Waals surface area (Å²) >= 11 is 0. The van der Waals surface area contributed by atoms with Crippen LogP contribution >= 0.6 is 12.4 Å². The van der Waals surface area contributed by atoms with Crippen LogP contribution in [0.4, 0.5) is 0 Å². The maximum Gasteiger partial charge on any atom is 0.00929 e. The third-order valence-corrected chi connectivity index (χ3v) is 0. The van der Waals surface area contributed by atoms with Crippen LogP contribution in [0.1, 0.15) is 0 Å². The van der Waals surface area contributed by atoms with Crippen molar-refractivity contribution in [1.82, 2.24) is 11.6 Å². The van der Waals surface area contributed by atoms with E-state index in [9.17, 15) is 0 Å². The molecule has 0 spiro atoms. The first-order valence-corrected chi connectivity index (χ1v) is 0.724. The highest BCUT2D eigenvalue weighted by Crippen LogP contribution is 0.957. The van der Waals surface area contributed by atoms with E-state index in [1.165, 1.54) is 7.05 Å². The fourth-order valence-corrected chi connectivity index (χ4v) is 0. The van der Waals surface area contributed by atoms with Crippen LogP contribution in [-0.2, 0) is 0 Å². The standard InChI is InChI=1S/CH5NO.ClH.H3N/c1-2-3;;/h2-3H,1H3;1H;1H3. The van der Waals surface area contributed by atoms with E-state index in [4.69, 9.17) is 5.21 Å². The summed E-state index contributed by atoms with van der Waals surface area (Å²) < 4.78 is 0. The number of hydrogen-bond donors (Lipinski definition) is 3. The van der Waals surface area contributed by atoms with Gasteiger partial charge in [0.25, 0.3) is 0 Å². The second-order valence-electron chi connectivity index (χ2n) is 0.224. The average Bonchev–Trinajstić information content (AvgIpc) is 0.918. The zero-order valence-electron chi connectivity index (χ0n) is 3.06. The molecular formula is CH9ClN2O. The minimum absolute atomic E-state index is 0. The second-order valence-corrected chi connectivity index (χ2v) is 0.224. The van der Waals surface area contributed by atoms with Crippen LogP contribution in [-0.4, -0.2) is 12.3 Å². The molecule has 0 aliphatic rings. The second kappa shape index (κ2) is 30.6. The monoisotopic (exact) mass is 100 g/mol. The summed E-state index contributed by atoms with van der Waals surface area (Å²) in [5.74, 6) is 0. The first-order valence-electron chi connectivity index (χ1n) is 0.724. The van der Waals surface area contributed by atoms with Gasteiger partial charge in [0.15, 0.2) is 0 Å². The van der Waals surface area contributed by atoms with E-state index in [2.05, 4.69) is 0 Å². The predicted molar refractivity (Wildman–Crippen MR) is 23.1 cm³/mol. The molecule has 4 heteroatoms. The van der Waals surface area contributed by atoms with Gasteiger partial charge in [-0.15, -0.1) is 12.4 Å². The van der Waals surface area contributed by atoms with E-state index in [1.54, 1.807) is 5.48 Å². The number of rotatable bonds is 0. The Labute approximate surface area is 37.3 Å². The molecule has 0 amide bonds. The summed E-state index contributed by atoms with van der Waals surface area (Å²) in [6.45, 7) is 0. The summed E-state index contributed by atoms with van der Waals surface area (Å²) in [7, 11) is 1.43. The summed E-state index contributed by atoms with van der Waals surface area (Å²) in [4.78, 5) is 0. The molecule has 0 aliphatic heterocycles. The van der Waals surface area contributed by atoms with Gasteiger partial charge < -0.3 is 11.4 Å². The van der Waals surface area contributed by atoms with Crippen molar-refractivity contribution in [2.75, 3.05) is 7.05 Å². The maximum atomic E-state index is 7.32. The lowest BCUT2D eigenvalue weighted by molar-refractivity contribution is 0.194. The Morgan fingerprint density at radius 1 is 1.60 bits per heavy atom. The van der Waals surface area contributed by atoms with Crippen LogP contribution in [0.2, 0.25) is 0 Å². The molecule has 5 heavy (non-hydrogen) atoms. The fraction of sp³-hybridized carbons (Fsp3) is 1.00. The third kappa shape index (κ3) is 679. The highest BCUT2D eigenvalue weighted by Gasteiger charge is 1.24. The van der Waals surface area contributed by atoms with E-state index in [-0.39, 0.29) is 18.6 Å². The lowest BCUT2D eigenvalue weighted by Crippen LogP contribution is -1.91. The van der Waals surface area contributed by atoms with Gasteiger partial charge in [-0.05, 0) is 0 Å². The van der Waals surface area contributed by atoms with Crippen molar-refractivity contribution in [2.45, 2.75) is 0 Å². The molecule has 0 fully saturated rings. The largest absolute Gasteiger partial charge is 0.344 e. The average molecular weight is 101 g/mol. The molecule has 0 bridgehead atoms. The molecule has 0 aromatic rings. The zero-order valence-corrected chi connectivity index (χ0v) is 3.88. The van der Waals surface area contributed by atoms with E-state index in [1.807, 2.05) is 0 Å². The van der Waals surface area contributed by atoms with Gasteiger partial charge in [-0.3, -0.25) is 0 Å². The quantitative estimate of drug-likeness (QED) is 0.381. The molecule has 0 saturated heterocycles. The highest BCUT2D eigenvalue weighted by molar-refractivity contribution is 5.85. The molecule has 0 aliphatic carbocycles. The number of halogens is 1. The molecular weight excluding hydrogens is 91.5 g/mol. The highest BCUT2D eigenvalue weighted by atomic mass is 35.5. The van der Waals surface area contributed by atoms with Crippen LogP contribution in [0.3, 0.4) is 0 Å². The molecule has 0 saturated carbocycles. The first kappa shape index (κ1) is 19.1. The van der Waals surface area contributed by atoms with Crippen molar-refractivity contribution in [2.24, 2.45) is 0 Å². The minimum Gasteiger partial charge on any atom is -0.344 e. The summed E-state index contributed by atoms with van der Waals surface area (Å²) in [5, 5.41) is 7.32. The molecule has 0 unspecified atom stereocenters. The Hall–Kier alpha value is 0.170. The Balaban J connectivity index is -0.0000000200. The SMILES string of the molecule is CNO.Cl.N. The summed E-state index contributed by atoms with van der Waals surface area (Å²) in [6.07, 6.45) is 0. The van der Waals surface area contributed by atoms with Gasteiger partial charge in [0.2, 0.25) is 0 Å². The van der Waals surface area contributed by atoms with Gasteiger partial charge >= 0.3 is 0 Å². The molecule has 0 aromatic carbocycles. The van der Waals surface area contributed by atoms with E-state index in [0.29, 0.717) is 0 Å². The molecule has 3 nitrogen and oxygen atoms in total. The molecule has 0 aromatic heterocycles. The Kier molecular flexibility index (Phi) is 117. The van der Waals surface area contributed by atoms with Crippen molar-refractivity contribution in [3.8, 4) is 0 Å². The van der Waals surface area contributed by atoms with Crippen LogP contribution in [0.5, 0.6) is 0 Å². The molecule has 0 radical (unpaired) electrons. The van der Waals surface area contributed by atoms with Crippen molar-refractivity contribution in [3.05, 3.63) is 0 Å². The number of hydrogen-bond acceptors (Lipinski definition) is 3. The Bertz CT molecular complexity index is 9.61. The lowest BCUT2D eigenvalue weighted by Gasteiger charge is -1.60. The van der Waals surface area contributed by atoms with E-state index < -0.39 is 0 Å². The predicted octanol–water partition coefficient (Wildman–Crippen LogP) is 0.179. The summed E-state index contributed by atoms with van der Waals surface area (Å²) in [6, 6.07) is 0. The maximum absolute atomic E-state index is 7.32. The van der Waals surface area contributed by atoms with Gasteiger partial charge in [-0.25, -0.2) is 5.48 Å². The number of hydroxylamine groups is 1. The van der Waals surface area contributed by atoms with E-state index >= 15 is 0 Å². The smallest absolute Gasteiger partial charge is 0.00929 e. The fourth-order valence-electron chi connectivity index (χ4n) is 0. The minimum atomic E-state index is 0. The van der Waals surface area contributed by atoms with Crippen molar-refractivity contribution in [3.63, 3.8) is 0 Å². The van der Waals surface area contributed by atoms with Gasteiger partial charge in [0.05, 0.1) is 0 Å². The van der Waals surface area contributed by atoms with Crippen LogP contribution in [0.15, 0.2) is 0 Å². The van der Waals surface area contributed by atoms with Crippen molar-refractivity contribution in [1.29, 1.82) is 0 Å². The van der Waals surface area contributed by atoms with Crippen LogP contribution in [0, 0.1) is 0 Å². The summed E-state index contributed by atoms with van der Waals surface area (Å²) in [5.41, 5.74) is 1.75. The van der Waals surface area contributed by atoms with Crippen molar-refractivity contribution >= 4 is 12.4 Å². The molecule has 0 heterocycles. The normalized spacial score (nSPS) is 3.60.